The van der Waals surface area contributed by atoms with Crippen LogP contribution < -0.4 is 5.32 Å². The van der Waals surface area contributed by atoms with E-state index in [0.717, 1.165) is 5.56 Å². The van der Waals surface area contributed by atoms with Crippen LogP contribution in [0, 0.1) is 6.92 Å². The van der Waals surface area contributed by atoms with E-state index in [4.69, 9.17) is 11.6 Å². The van der Waals surface area contributed by atoms with Crippen molar-refractivity contribution in [2.75, 3.05) is 31.5 Å². The minimum Gasteiger partial charge on any atom is -0.339 e. The second kappa shape index (κ2) is 8.44. The predicted molar refractivity (Wildman–Crippen MR) is 109 cm³/mol. The van der Waals surface area contributed by atoms with Crippen molar-refractivity contribution in [3.8, 4) is 0 Å². The fourth-order valence-electron chi connectivity index (χ4n) is 3.05. The molecule has 28 heavy (non-hydrogen) atoms. The fourth-order valence-corrected chi connectivity index (χ4v) is 3.23. The van der Waals surface area contributed by atoms with Crippen molar-refractivity contribution in [2.24, 2.45) is 0 Å². The number of rotatable bonds is 3. The molecule has 0 radical (unpaired) electrons. The van der Waals surface area contributed by atoms with Crippen LogP contribution in [-0.2, 0) is 4.79 Å². The Labute approximate surface area is 169 Å². The standard InChI is InChI=1S/C21H22ClN3O3/c1-14-3-8-18(13-19(14)22)23-20(27)16-4-6-17(7-5-16)21(28)25-11-9-24(10-12-25)15(2)26/h3-8,13H,9-12H2,1-2H3,(H,23,27). The number of nitrogens with zero attached hydrogens (tertiary/aromatic N) is 2. The highest BCUT2D eigenvalue weighted by atomic mass is 35.5. The summed E-state index contributed by atoms with van der Waals surface area (Å²) >= 11 is 6.08. The summed E-state index contributed by atoms with van der Waals surface area (Å²) in [5, 5.41) is 3.38. The molecule has 3 rings (SSSR count). The van der Waals surface area contributed by atoms with E-state index in [9.17, 15) is 14.4 Å². The van der Waals surface area contributed by atoms with Crippen LogP contribution in [0.15, 0.2) is 42.5 Å². The van der Waals surface area contributed by atoms with Crippen LogP contribution in [0.4, 0.5) is 5.69 Å². The molecule has 0 aromatic heterocycles. The lowest BCUT2D eigenvalue weighted by molar-refractivity contribution is -0.130. The first-order valence-corrected chi connectivity index (χ1v) is 9.45. The molecule has 0 unspecified atom stereocenters. The van der Waals surface area contributed by atoms with Gasteiger partial charge in [0.15, 0.2) is 0 Å². The van der Waals surface area contributed by atoms with Gasteiger partial charge in [0.25, 0.3) is 11.8 Å². The van der Waals surface area contributed by atoms with Crippen molar-refractivity contribution < 1.29 is 14.4 Å². The van der Waals surface area contributed by atoms with Crippen molar-refractivity contribution in [1.29, 1.82) is 0 Å². The first-order chi connectivity index (χ1) is 13.3. The second-order valence-corrected chi connectivity index (χ2v) is 7.20. The molecule has 1 fully saturated rings. The van der Waals surface area contributed by atoms with Crippen molar-refractivity contribution in [2.45, 2.75) is 13.8 Å². The lowest BCUT2D eigenvalue weighted by Crippen LogP contribution is -2.50. The number of hydrogen-bond acceptors (Lipinski definition) is 3. The molecule has 1 N–H and O–H groups in total. The maximum absolute atomic E-state index is 12.6. The minimum atomic E-state index is -0.269. The zero-order valence-electron chi connectivity index (χ0n) is 15.9. The van der Waals surface area contributed by atoms with Gasteiger partial charge in [-0.3, -0.25) is 14.4 Å². The van der Waals surface area contributed by atoms with E-state index in [0.29, 0.717) is 48.0 Å². The van der Waals surface area contributed by atoms with Crippen LogP contribution in [0.2, 0.25) is 5.02 Å². The third kappa shape index (κ3) is 4.51. The zero-order chi connectivity index (χ0) is 20.3. The fraction of sp³-hybridized carbons (Fsp3) is 0.286. The largest absolute Gasteiger partial charge is 0.339 e. The minimum absolute atomic E-state index is 0.0253. The summed E-state index contributed by atoms with van der Waals surface area (Å²) in [6, 6.07) is 11.9. The van der Waals surface area contributed by atoms with Crippen molar-refractivity contribution >= 4 is 35.0 Å². The molecular weight excluding hydrogens is 378 g/mol. The number of piperazine rings is 1. The van der Waals surface area contributed by atoms with Crippen molar-refractivity contribution in [3.05, 3.63) is 64.2 Å². The molecule has 146 valence electrons. The highest BCUT2D eigenvalue weighted by Crippen LogP contribution is 2.20. The number of carbonyl (C=O) groups excluding carboxylic acids is 3. The summed E-state index contributed by atoms with van der Waals surface area (Å²) in [7, 11) is 0. The number of anilines is 1. The molecule has 0 bridgehead atoms. The Morgan fingerprint density at radius 1 is 0.893 bits per heavy atom. The smallest absolute Gasteiger partial charge is 0.255 e. The van der Waals surface area contributed by atoms with Gasteiger partial charge < -0.3 is 15.1 Å². The second-order valence-electron chi connectivity index (χ2n) is 6.79. The van der Waals surface area contributed by atoms with Crippen LogP contribution in [-0.4, -0.2) is 53.7 Å². The summed E-state index contributed by atoms with van der Waals surface area (Å²) < 4.78 is 0. The number of benzene rings is 2. The third-order valence-corrected chi connectivity index (χ3v) is 5.24. The van der Waals surface area contributed by atoms with Gasteiger partial charge in [0.1, 0.15) is 0 Å². The van der Waals surface area contributed by atoms with Gasteiger partial charge in [-0.2, -0.15) is 0 Å². The van der Waals surface area contributed by atoms with Crippen LogP contribution >= 0.6 is 11.6 Å². The third-order valence-electron chi connectivity index (χ3n) is 4.84. The highest BCUT2D eigenvalue weighted by molar-refractivity contribution is 6.31. The maximum Gasteiger partial charge on any atom is 0.255 e. The molecule has 3 amide bonds. The molecule has 2 aromatic rings. The van der Waals surface area contributed by atoms with E-state index in [1.54, 1.807) is 46.2 Å². The Balaban J connectivity index is 1.62. The average Bonchev–Trinajstić information content (AvgIpc) is 2.70. The molecule has 1 aliphatic rings. The average molecular weight is 400 g/mol. The molecule has 0 aliphatic carbocycles. The Bertz CT molecular complexity index is 904. The Kier molecular flexibility index (Phi) is 5.99. The van der Waals surface area contributed by atoms with Crippen molar-refractivity contribution in [3.63, 3.8) is 0 Å². The van der Waals surface area contributed by atoms with E-state index >= 15 is 0 Å². The molecule has 1 saturated heterocycles. The summed E-state index contributed by atoms with van der Waals surface area (Å²) in [4.78, 5) is 39.9. The van der Waals surface area contributed by atoms with Gasteiger partial charge in [0.2, 0.25) is 5.91 Å². The van der Waals surface area contributed by atoms with Crippen molar-refractivity contribution in [1.82, 2.24) is 9.80 Å². The number of halogens is 1. The molecule has 6 nitrogen and oxygen atoms in total. The number of carbonyl (C=O) groups is 3. The highest BCUT2D eigenvalue weighted by Gasteiger charge is 2.23. The van der Waals surface area contributed by atoms with E-state index in [-0.39, 0.29) is 17.7 Å². The normalized spacial score (nSPS) is 14.0. The Morgan fingerprint density at radius 3 is 2.04 bits per heavy atom. The van der Waals surface area contributed by atoms with Crippen LogP contribution in [0.5, 0.6) is 0 Å². The Morgan fingerprint density at radius 2 is 1.46 bits per heavy atom. The molecule has 0 saturated carbocycles. The van der Waals surface area contributed by atoms with Gasteiger partial charge in [-0.05, 0) is 48.9 Å². The first kappa shape index (κ1) is 19.9. The predicted octanol–water partition coefficient (Wildman–Crippen LogP) is 3.21. The van der Waals surface area contributed by atoms with Crippen LogP contribution in [0.25, 0.3) is 0 Å². The van der Waals surface area contributed by atoms with Crippen LogP contribution in [0.3, 0.4) is 0 Å². The number of hydrogen-bond donors (Lipinski definition) is 1. The molecular formula is C21H22ClN3O3. The van der Waals surface area contributed by atoms with Crippen LogP contribution in [0.1, 0.15) is 33.2 Å². The molecule has 1 aliphatic heterocycles. The topological polar surface area (TPSA) is 69.7 Å². The maximum atomic E-state index is 12.6. The number of nitrogens with one attached hydrogen (secondary N) is 1. The van der Waals surface area contributed by atoms with E-state index in [1.807, 2.05) is 13.0 Å². The lowest BCUT2D eigenvalue weighted by atomic mass is 10.1. The van der Waals surface area contributed by atoms with E-state index < -0.39 is 0 Å². The SMILES string of the molecule is CC(=O)N1CCN(C(=O)c2ccc(C(=O)Nc3ccc(C)c(Cl)c3)cc2)CC1. The quantitative estimate of drug-likeness (QED) is 0.861. The first-order valence-electron chi connectivity index (χ1n) is 9.07. The molecule has 1 heterocycles. The lowest BCUT2D eigenvalue weighted by Gasteiger charge is -2.34. The molecule has 0 spiro atoms. The summed E-state index contributed by atoms with van der Waals surface area (Å²) in [6.07, 6.45) is 0. The van der Waals surface area contributed by atoms with E-state index in [2.05, 4.69) is 5.32 Å². The van der Waals surface area contributed by atoms with Gasteiger partial charge in [-0.1, -0.05) is 17.7 Å². The summed E-state index contributed by atoms with van der Waals surface area (Å²) in [5.41, 5.74) is 2.52. The summed E-state index contributed by atoms with van der Waals surface area (Å²) in [5.74, 6) is -0.341. The van der Waals surface area contributed by atoms with E-state index in [1.165, 1.54) is 6.92 Å². The molecule has 2 aromatic carbocycles. The van der Waals surface area contributed by atoms with Gasteiger partial charge >= 0.3 is 0 Å². The van der Waals surface area contributed by atoms with Gasteiger partial charge in [0.05, 0.1) is 0 Å². The summed E-state index contributed by atoms with van der Waals surface area (Å²) in [6.45, 7) is 5.53. The molecule has 7 heteroatoms. The monoisotopic (exact) mass is 399 g/mol. The number of aryl methyl sites for hydroxylation is 1. The van der Waals surface area contributed by atoms with Gasteiger partial charge in [-0.15, -0.1) is 0 Å². The Hall–Kier alpha value is -2.86. The zero-order valence-corrected chi connectivity index (χ0v) is 16.6. The molecule has 0 atom stereocenters. The van der Waals surface area contributed by atoms with Gasteiger partial charge in [0, 0.05) is 54.9 Å². The van der Waals surface area contributed by atoms with Gasteiger partial charge in [-0.25, -0.2) is 0 Å². The number of amides is 3.